The molecule has 0 aliphatic rings. The summed E-state index contributed by atoms with van der Waals surface area (Å²) in [6.07, 6.45) is 1.70. The molecule has 0 radical (unpaired) electrons. The molecule has 0 unspecified atom stereocenters. The first-order valence-corrected chi connectivity index (χ1v) is 6.44. The first-order chi connectivity index (χ1) is 10.1. The highest BCUT2D eigenvalue weighted by Crippen LogP contribution is 2.23. The van der Waals surface area contributed by atoms with E-state index in [-0.39, 0.29) is 5.69 Å². The van der Waals surface area contributed by atoms with Crippen LogP contribution in [0.3, 0.4) is 0 Å². The zero-order valence-electron chi connectivity index (χ0n) is 10.7. The van der Waals surface area contributed by atoms with Crippen LogP contribution >= 0.6 is 11.6 Å². The van der Waals surface area contributed by atoms with Crippen LogP contribution in [0.1, 0.15) is 0 Å². The number of halogens is 1. The summed E-state index contributed by atoms with van der Waals surface area (Å²) in [4.78, 5) is 10.4. The topological polar surface area (TPSA) is 73.8 Å². The first-order valence-electron chi connectivity index (χ1n) is 6.06. The smallest absolute Gasteiger partial charge is 0.258 e. The molecule has 0 saturated carbocycles. The van der Waals surface area contributed by atoms with Gasteiger partial charge in [-0.05, 0) is 18.2 Å². The number of hydrogen-bond donors (Lipinski definition) is 0. The van der Waals surface area contributed by atoms with Crippen molar-refractivity contribution in [3.05, 3.63) is 69.9 Å². The van der Waals surface area contributed by atoms with Crippen molar-refractivity contribution >= 4 is 17.3 Å². The van der Waals surface area contributed by atoms with Gasteiger partial charge in [0.15, 0.2) is 0 Å². The number of hydrogen-bond acceptors (Lipinski definition) is 4. The lowest BCUT2D eigenvalue weighted by Crippen LogP contribution is -1.93. The highest BCUT2D eigenvalue weighted by atomic mass is 35.5. The lowest BCUT2D eigenvalue weighted by Gasteiger charge is -1.99. The van der Waals surface area contributed by atoms with Gasteiger partial charge in [-0.1, -0.05) is 35.0 Å². The van der Waals surface area contributed by atoms with E-state index in [9.17, 15) is 10.1 Å². The molecule has 104 valence electrons. The molecular formula is C14H9ClN4O2. The van der Waals surface area contributed by atoms with Crippen LogP contribution in [0.4, 0.5) is 5.69 Å². The van der Waals surface area contributed by atoms with Crippen LogP contribution in [0.2, 0.25) is 5.02 Å². The third kappa shape index (κ3) is 2.75. The summed E-state index contributed by atoms with van der Waals surface area (Å²) in [5.41, 5.74) is 1.98. The van der Waals surface area contributed by atoms with E-state index >= 15 is 0 Å². The highest BCUT2D eigenvalue weighted by Gasteiger charge is 2.10. The van der Waals surface area contributed by atoms with Crippen molar-refractivity contribution in [1.82, 2.24) is 15.0 Å². The minimum Gasteiger partial charge on any atom is -0.258 e. The molecule has 0 bridgehead atoms. The molecule has 0 spiro atoms. The number of non-ortho nitro benzene ring substituents is 1. The maximum Gasteiger partial charge on any atom is 0.270 e. The normalized spacial score (nSPS) is 10.5. The van der Waals surface area contributed by atoms with Crippen LogP contribution in [0, 0.1) is 10.1 Å². The van der Waals surface area contributed by atoms with Crippen molar-refractivity contribution in [1.29, 1.82) is 0 Å². The second-order valence-corrected chi connectivity index (χ2v) is 4.77. The number of aromatic nitrogens is 3. The van der Waals surface area contributed by atoms with Crippen LogP contribution in [0.5, 0.6) is 0 Å². The Labute approximate surface area is 124 Å². The molecule has 0 aliphatic carbocycles. The molecule has 0 amide bonds. The molecule has 0 atom stereocenters. The molecule has 1 heterocycles. The van der Waals surface area contributed by atoms with Gasteiger partial charge in [-0.25, -0.2) is 4.68 Å². The molecule has 7 heteroatoms. The Morgan fingerprint density at radius 1 is 1.14 bits per heavy atom. The number of rotatable bonds is 3. The van der Waals surface area contributed by atoms with Crippen molar-refractivity contribution in [3.8, 4) is 16.9 Å². The summed E-state index contributed by atoms with van der Waals surface area (Å²) in [6.45, 7) is 0. The summed E-state index contributed by atoms with van der Waals surface area (Å²) in [5, 5.41) is 19.5. The second kappa shape index (κ2) is 5.34. The van der Waals surface area contributed by atoms with E-state index in [0.717, 1.165) is 5.69 Å². The molecular weight excluding hydrogens is 292 g/mol. The van der Waals surface area contributed by atoms with E-state index in [1.54, 1.807) is 35.1 Å². The largest absolute Gasteiger partial charge is 0.270 e. The van der Waals surface area contributed by atoms with Crippen LogP contribution in [0.15, 0.2) is 54.7 Å². The van der Waals surface area contributed by atoms with E-state index < -0.39 is 4.92 Å². The van der Waals surface area contributed by atoms with Gasteiger partial charge in [0, 0.05) is 22.7 Å². The average molecular weight is 301 g/mol. The van der Waals surface area contributed by atoms with Crippen molar-refractivity contribution in [3.63, 3.8) is 0 Å². The Balaban J connectivity index is 1.98. The fraction of sp³-hybridized carbons (Fsp3) is 0. The van der Waals surface area contributed by atoms with Gasteiger partial charge in [0.1, 0.15) is 5.69 Å². The van der Waals surface area contributed by atoms with Crippen LogP contribution in [-0.4, -0.2) is 19.9 Å². The Kier molecular flexibility index (Phi) is 3.37. The monoisotopic (exact) mass is 300 g/mol. The van der Waals surface area contributed by atoms with E-state index in [4.69, 9.17) is 11.6 Å². The molecule has 0 saturated heterocycles. The minimum absolute atomic E-state index is 0.0183. The highest BCUT2D eigenvalue weighted by molar-refractivity contribution is 6.30. The van der Waals surface area contributed by atoms with Gasteiger partial charge in [-0.2, -0.15) is 0 Å². The molecule has 0 aliphatic heterocycles. The summed E-state index contributed by atoms with van der Waals surface area (Å²) in [5.74, 6) is 0. The lowest BCUT2D eigenvalue weighted by atomic mass is 10.1. The third-order valence-corrected chi connectivity index (χ3v) is 3.15. The number of nitrogens with zero attached hydrogens (tertiary/aromatic N) is 4. The predicted octanol–water partition coefficient (Wildman–Crippen LogP) is 3.50. The van der Waals surface area contributed by atoms with Gasteiger partial charge in [0.05, 0.1) is 16.8 Å². The molecule has 0 N–H and O–H groups in total. The number of nitro benzene ring substituents is 1. The Morgan fingerprint density at radius 2 is 1.95 bits per heavy atom. The van der Waals surface area contributed by atoms with Gasteiger partial charge in [-0.3, -0.25) is 10.1 Å². The fourth-order valence-corrected chi connectivity index (χ4v) is 2.10. The quantitative estimate of drug-likeness (QED) is 0.548. The zero-order chi connectivity index (χ0) is 14.8. The summed E-state index contributed by atoms with van der Waals surface area (Å²) < 4.78 is 1.57. The third-order valence-electron chi connectivity index (χ3n) is 2.92. The van der Waals surface area contributed by atoms with E-state index in [1.165, 1.54) is 12.1 Å². The minimum atomic E-state index is -0.440. The summed E-state index contributed by atoms with van der Waals surface area (Å²) in [6, 6.07) is 13.4. The van der Waals surface area contributed by atoms with Crippen molar-refractivity contribution < 1.29 is 4.92 Å². The zero-order valence-corrected chi connectivity index (χ0v) is 11.4. The van der Waals surface area contributed by atoms with Crippen LogP contribution in [0.25, 0.3) is 16.9 Å². The van der Waals surface area contributed by atoms with Gasteiger partial charge in [0.25, 0.3) is 5.69 Å². The summed E-state index contributed by atoms with van der Waals surface area (Å²) >= 11 is 5.94. The SMILES string of the molecule is O=[N+]([O-])c1cccc(-c2cn(-c3cccc(Cl)c3)nn2)c1. The fourth-order valence-electron chi connectivity index (χ4n) is 1.92. The van der Waals surface area contributed by atoms with Gasteiger partial charge >= 0.3 is 0 Å². The molecule has 3 rings (SSSR count). The van der Waals surface area contributed by atoms with E-state index in [1.807, 2.05) is 12.1 Å². The van der Waals surface area contributed by atoms with Crippen LogP contribution in [-0.2, 0) is 0 Å². The second-order valence-electron chi connectivity index (χ2n) is 4.34. The number of benzene rings is 2. The van der Waals surface area contributed by atoms with E-state index in [0.29, 0.717) is 16.3 Å². The Morgan fingerprint density at radius 3 is 2.71 bits per heavy atom. The predicted molar refractivity (Wildman–Crippen MR) is 78.5 cm³/mol. The van der Waals surface area contributed by atoms with Crippen molar-refractivity contribution in [2.75, 3.05) is 0 Å². The average Bonchev–Trinajstić information content (AvgIpc) is 2.97. The van der Waals surface area contributed by atoms with Crippen molar-refractivity contribution in [2.45, 2.75) is 0 Å². The van der Waals surface area contributed by atoms with Crippen molar-refractivity contribution in [2.24, 2.45) is 0 Å². The summed E-state index contributed by atoms with van der Waals surface area (Å²) in [7, 11) is 0. The molecule has 21 heavy (non-hydrogen) atoms. The Hall–Kier alpha value is -2.73. The molecule has 6 nitrogen and oxygen atoms in total. The van der Waals surface area contributed by atoms with Gasteiger partial charge in [-0.15, -0.1) is 5.10 Å². The number of nitro groups is 1. The molecule has 3 aromatic rings. The maximum absolute atomic E-state index is 10.8. The first kappa shape index (κ1) is 13.3. The van der Waals surface area contributed by atoms with Gasteiger partial charge in [0.2, 0.25) is 0 Å². The van der Waals surface area contributed by atoms with Gasteiger partial charge < -0.3 is 0 Å². The molecule has 2 aromatic carbocycles. The molecule has 1 aromatic heterocycles. The lowest BCUT2D eigenvalue weighted by molar-refractivity contribution is -0.384. The van der Waals surface area contributed by atoms with E-state index in [2.05, 4.69) is 10.3 Å². The maximum atomic E-state index is 10.8. The molecule has 0 fully saturated rings. The standard InChI is InChI=1S/C14H9ClN4O2/c15-11-4-2-5-12(8-11)18-9-14(16-17-18)10-3-1-6-13(7-10)19(20)21/h1-9H. The van der Waals surface area contributed by atoms with Crippen LogP contribution < -0.4 is 0 Å². The Bertz CT molecular complexity index is 816.